The molecule has 0 aliphatic heterocycles. The van der Waals surface area contributed by atoms with Crippen LogP contribution in [0.4, 0.5) is 0 Å². The second-order valence-electron chi connectivity index (χ2n) is 5.11. The summed E-state index contributed by atoms with van der Waals surface area (Å²) in [6, 6.07) is 8.75. The Morgan fingerprint density at radius 2 is 1.70 bits per heavy atom. The number of amides is 1. The van der Waals surface area contributed by atoms with Gasteiger partial charge in [-0.1, -0.05) is 44.2 Å². The first-order chi connectivity index (χ1) is 10.9. The van der Waals surface area contributed by atoms with Gasteiger partial charge in [0.05, 0.1) is 13.2 Å². The van der Waals surface area contributed by atoms with Crippen LogP contribution in [0.2, 0.25) is 0 Å². The van der Waals surface area contributed by atoms with Crippen molar-refractivity contribution in [1.82, 2.24) is 5.32 Å². The van der Waals surface area contributed by atoms with Crippen molar-refractivity contribution in [3.63, 3.8) is 0 Å². The van der Waals surface area contributed by atoms with Gasteiger partial charge >= 0.3 is 11.9 Å². The minimum Gasteiger partial charge on any atom is -0.466 e. The van der Waals surface area contributed by atoms with E-state index in [4.69, 9.17) is 4.74 Å². The lowest BCUT2D eigenvalue weighted by atomic mass is 10.1. The molecule has 0 saturated carbocycles. The molecule has 0 radical (unpaired) electrons. The summed E-state index contributed by atoms with van der Waals surface area (Å²) in [6.45, 7) is 3.53. The second-order valence-corrected chi connectivity index (χ2v) is 5.11. The first-order valence-electron chi connectivity index (χ1n) is 7.22. The smallest absolute Gasteiger partial charge is 0.331 e. The van der Waals surface area contributed by atoms with E-state index in [2.05, 4.69) is 10.1 Å². The van der Waals surface area contributed by atoms with Gasteiger partial charge in [-0.25, -0.2) is 9.59 Å². The SMILES string of the molecule is COC(=O)/C=C/C(=O)OC[C@@H](NC(=O)C(C)C)c1ccccc1. The van der Waals surface area contributed by atoms with Gasteiger partial charge in [0.15, 0.2) is 0 Å². The summed E-state index contributed by atoms with van der Waals surface area (Å²) >= 11 is 0. The average Bonchev–Trinajstić information content (AvgIpc) is 2.56. The van der Waals surface area contributed by atoms with Crippen molar-refractivity contribution in [2.75, 3.05) is 13.7 Å². The van der Waals surface area contributed by atoms with Crippen molar-refractivity contribution in [3.8, 4) is 0 Å². The molecule has 6 heteroatoms. The van der Waals surface area contributed by atoms with Crippen molar-refractivity contribution in [3.05, 3.63) is 48.0 Å². The molecule has 0 heterocycles. The summed E-state index contributed by atoms with van der Waals surface area (Å²) in [5.41, 5.74) is 0.825. The van der Waals surface area contributed by atoms with Crippen LogP contribution in [-0.4, -0.2) is 31.6 Å². The molecule has 1 aromatic rings. The second kappa shape index (κ2) is 9.40. The largest absolute Gasteiger partial charge is 0.466 e. The van der Waals surface area contributed by atoms with Crippen LogP contribution in [0.15, 0.2) is 42.5 Å². The van der Waals surface area contributed by atoms with Crippen molar-refractivity contribution in [2.24, 2.45) is 5.92 Å². The highest BCUT2D eigenvalue weighted by atomic mass is 16.5. The molecule has 1 atom stereocenters. The quantitative estimate of drug-likeness (QED) is 0.612. The summed E-state index contributed by atoms with van der Waals surface area (Å²) in [5, 5.41) is 2.83. The number of hydrogen-bond donors (Lipinski definition) is 1. The van der Waals surface area contributed by atoms with Crippen LogP contribution in [-0.2, 0) is 23.9 Å². The van der Waals surface area contributed by atoms with Crippen LogP contribution >= 0.6 is 0 Å². The van der Waals surface area contributed by atoms with Gasteiger partial charge in [0, 0.05) is 18.1 Å². The van der Waals surface area contributed by atoms with E-state index < -0.39 is 18.0 Å². The first-order valence-corrected chi connectivity index (χ1v) is 7.22. The predicted octanol–water partition coefficient (Wildman–Crippen LogP) is 1.77. The van der Waals surface area contributed by atoms with Crippen LogP contribution < -0.4 is 5.32 Å². The number of carbonyl (C=O) groups excluding carboxylic acids is 3. The normalized spacial score (nSPS) is 12.0. The van der Waals surface area contributed by atoms with Gasteiger partial charge in [0.25, 0.3) is 0 Å². The van der Waals surface area contributed by atoms with E-state index in [1.54, 1.807) is 13.8 Å². The Labute approximate surface area is 135 Å². The molecular formula is C17H21NO5. The van der Waals surface area contributed by atoms with Gasteiger partial charge in [-0.15, -0.1) is 0 Å². The van der Waals surface area contributed by atoms with E-state index in [9.17, 15) is 14.4 Å². The number of carbonyl (C=O) groups is 3. The lowest BCUT2D eigenvalue weighted by Gasteiger charge is -2.20. The Kier molecular flexibility index (Phi) is 7.53. The molecule has 1 aromatic carbocycles. The molecule has 0 aromatic heterocycles. The fraction of sp³-hybridized carbons (Fsp3) is 0.353. The molecule has 1 N–H and O–H groups in total. The monoisotopic (exact) mass is 319 g/mol. The minimum atomic E-state index is -0.685. The van der Waals surface area contributed by atoms with Crippen molar-refractivity contribution in [2.45, 2.75) is 19.9 Å². The molecule has 0 bridgehead atoms. The van der Waals surface area contributed by atoms with Gasteiger partial charge in [0.1, 0.15) is 6.61 Å². The topological polar surface area (TPSA) is 81.7 Å². The molecule has 0 fully saturated rings. The van der Waals surface area contributed by atoms with Crippen molar-refractivity contribution < 1.29 is 23.9 Å². The fourth-order valence-corrected chi connectivity index (χ4v) is 1.66. The highest BCUT2D eigenvalue weighted by molar-refractivity contribution is 5.91. The summed E-state index contributed by atoms with van der Waals surface area (Å²) in [5.74, 6) is -1.65. The van der Waals surface area contributed by atoms with Gasteiger partial charge < -0.3 is 14.8 Å². The van der Waals surface area contributed by atoms with Gasteiger partial charge in [-0.05, 0) is 5.56 Å². The summed E-state index contributed by atoms with van der Waals surface area (Å²) < 4.78 is 9.47. The summed E-state index contributed by atoms with van der Waals surface area (Å²) in [7, 11) is 1.21. The summed E-state index contributed by atoms with van der Waals surface area (Å²) in [6.07, 6.45) is 1.96. The molecule has 0 aliphatic carbocycles. The molecule has 0 unspecified atom stereocenters. The number of esters is 2. The lowest BCUT2D eigenvalue weighted by Crippen LogP contribution is -2.34. The number of benzene rings is 1. The molecule has 124 valence electrons. The van der Waals surface area contributed by atoms with E-state index >= 15 is 0 Å². The van der Waals surface area contributed by atoms with Crippen molar-refractivity contribution in [1.29, 1.82) is 0 Å². The zero-order valence-electron chi connectivity index (χ0n) is 13.4. The zero-order valence-corrected chi connectivity index (χ0v) is 13.4. The van der Waals surface area contributed by atoms with E-state index in [-0.39, 0.29) is 18.4 Å². The van der Waals surface area contributed by atoms with Crippen LogP contribution in [0.1, 0.15) is 25.5 Å². The Hall–Kier alpha value is -2.63. The minimum absolute atomic E-state index is 0.0349. The van der Waals surface area contributed by atoms with Gasteiger partial charge in [0.2, 0.25) is 5.91 Å². The van der Waals surface area contributed by atoms with Crippen LogP contribution in [0.3, 0.4) is 0 Å². The Morgan fingerprint density at radius 1 is 1.09 bits per heavy atom. The third-order valence-electron chi connectivity index (χ3n) is 2.99. The Morgan fingerprint density at radius 3 is 2.26 bits per heavy atom. The number of methoxy groups -OCH3 is 1. The Bertz CT molecular complexity index is 566. The van der Waals surface area contributed by atoms with Crippen LogP contribution in [0.25, 0.3) is 0 Å². The van der Waals surface area contributed by atoms with Crippen molar-refractivity contribution >= 4 is 17.8 Å². The number of rotatable bonds is 7. The fourth-order valence-electron chi connectivity index (χ4n) is 1.66. The van der Waals surface area contributed by atoms with E-state index in [1.165, 1.54) is 7.11 Å². The highest BCUT2D eigenvalue weighted by Gasteiger charge is 2.18. The van der Waals surface area contributed by atoms with Crippen LogP contribution in [0, 0.1) is 5.92 Å². The highest BCUT2D eigenvalue weighted by Crippen LogP contribution is 2.14. The third-order valence-corrected chi connectivity index (χ3v) is 2.99. The average molecular weight is 319 g/mol. The molecule has 6 nitrogen and oxygen atoms in total. The maximum atomic E-state index is 11.9. The predicted molar refractivity (Wildman–Crippen MR) is 84.3 cm³/mol. The molecular weight excluding hydrogens is 298 g/mol. The molecule has 0 aliphatic rings. The van der Waals surface area contributed by atoms with E-state index in [1.807, 2.05) is 30.3 Å². The first kappa shape index (κ1) is 18.4. The van der Waals surface area contributed by atoms with E-state index in [0.717, 1.165) is 17.7 Å². The summed E-state index contributed by atoms with van der Waals surface area (Å²) in [4.78, 5) is 34.4. The molecule has 0 saturated heterocycles. The number of hydrogen-bond acceptors (Lipinski definition) is 5. The maximum absolute atomic E-state index is 11.9. The number of nitrogens with one attached hydrogen (secondary N) is 1. The third kappa shape index (κ3) is 6.78. The van der Waals surface area contributed by atoms with Gasteiger partial charge in [-0.2, -0.15) is 0 Å². The van der Waals surface area contributed by atoms with Crippen LogP contribution in [0.5, 0.6) is 0 Å². The molecule has 0 spiro atoms. The standard InChI is InChI=1S/C17H21NO5/c1-12(2)17(21)18-14(13-7-5-4-6-8-13)11-23-16(20)10-9-15(19)22-3/h4-10,12,14H,11H2,1-3H3,(H,18,21)/b10-9+/t14-/m1/s1. The maximum Gasteiger partial charge on any atom is 0.331 e. The molecule has 1 rings (SSSR count). The van der Waals surface area contributed by atoms with Gasteiger partial charge in [-0.3, -0.25) is 4.79 Å². The molecule has 1 amide bonds. The molecule has 23 heavy (non-hydrogen) atoms. The van der Waals surface area contributed by atoms with E-state index in [0.29, 0.717) is 0 Å². The zero-order chi connectivity index (χ0) is 17.2. The Balaban J connectivity index is 2.70. The number of ether oxygens (including phenoxy) is 2. The lowest BCUT2D eigenvalue weighted by molar-refractivity contribution is -0.140.